The van der Waals surface area contributed by atoms with E-state index in [0.717, 1.165) is 15.8 Å². The average Bonchev–Trinajstić information content (AvgIpc) is 2.97. The normalized spacial score (nSPS) is 10.7. The maximum Gasteiger partial charge on any atom is 0.271 e. The summed E-state index contributed by atoms with van der Waals surface area (Å²) in [5, 5.41) is 1.15. The van der Waals surface area contributed by atoms with Crippen molar-refractivity contribution in [1.82, 2.24) is 15.4 Å². The SMILES string of the molecule is CSc1ccc(Cl)c(C(=O)NNC(=O)c2cn(C)c3ccccc23)c1. The van der Waals surface area contributed by atoms with Gasteiger partial charge in [0.25, 0.3) is 11.8 Å². The van der Waals surface area contributed by atoms with Crippen molar-refractivity contribution >= 4 is 46.1 Å². The van der Waals surface area contributed by atoms with Crippen LogP contribution in [0.15, 0.2) is 53.6 Å². The van der Waals surface area contributed by atoms with Gasteiger partial charge in [0.2, 0.25) is 0 Å². The number of hydrogen-bond acceptors (Lipinski definition) is 3. The topological polar surface area (TPSA) is 63.1 Å². The minimum Gasteiger partial charge on any atom is -0.350 e. The van der Waals surface area contributed by atoms with Crippen molar-refractivity contribution in [2.45, 2.75) is 4.90 Å². The second-order valence-corrected chi connectivity index (χ2v) is 6.71. The lowest BCUT2D eigenvalue weighted by Crippen LogP contribution is -2.41. The van der Waals surface area contributed by atoms with Crippen molar-refractivity contribution < 1.29 is 9.59 Å². The average molecular weight is 374 g/mol. The fourth-order valence-electron chi connectivity index (χ4n) is 2.58. The summed E-state index contributed by atoms with van der Waals surface area (Å²) in [5.41, 5.74) is 6.61. The first-order valence-electron chi connectivity index (χ1n) is 7.49. The fraction of sp³-hybridized carbons (Fsp3) is 0.111. The molecule has 0 aliphatic rings. The molecular weight excluding hydrogens is 358 g/mol. The van der Waals surface area contributed by atoms with E-state index in [1.807, 2.05) is 48.2 Å². The second-order valence-electron chi connectivity index (χ2n) is 5.42. The van der Waals surface area contributed by atoms with Crippen LogP contribution in [0.1, 0.15) is 20.7 Å². The number of aromatic nitrogens is 1. The number of halogens is 1. The molecule has 0 spiro atoms. The third-order valence-corrected chi connectivity index (χ3v) is 4.90. The van der Waals surface area contributed by atoms with E-state index in [9.17, 15) is 9.59 Å². The van der Waals surface area contributed by atoms with E-state index in [-0.39, 0.29) is 5.91 Å². The number of carbonyl (C=O) groups is 2. The van der Waals surface area contributed by atoms with Crippen LogP contribution < -0.4 is 10.9 Å². The standard InChI is InChI=1S/C18H16ClN3O2S/c1-22-10-14(12-5-3-4-6-16(12)22)18(24)21-20-17(23)13-9-11(25-2)7-8-15(13)19/h3-10H,1-2H3,(H,20,23)(H,21,24). The summed E-state index contributed by atoms with van der Waals surface area (Å²) in [6, 6.07) is 12.8. The van der Waals surface area contributed by atoms with Crippen LogP contribution >= 0.6 is 23.4 Å². The van der Waals surface area contributed by atoms with Gasteiger partial charge in [-0.05, 0) is 30.5 Å². The third-order valence-electron chi connectivity index (χ3n) is 3.85. The molecule has 0 unspecified atom stereocenters. The summed E-state index contributed by atoms with van der Waals surface area (Å²) in [6.07, 6.45) is 3.64. The molecule has 2 N–H and O–H groups in total. The molecule has 3 aromatic rings. The van der Waals surface area contributed by atoms with Crippen LogP contribution in [0.25, 0.3) is 10.9 Å². The molecule has 25 heavy (non-hydrogen) atoms. The van der Waals surface area contributed by atoms with E-state index in [0.29, 0.717) is 16.1 Å². The minimum absolute atomic E-state index is 0.312. The van der Waals surface area contributed by atoms with Crippen molar-refractivity contribution in [3.8, 4) is 0 Å². The van der Waals surface area contributed by atoms with Crippen LogP contribution in [0.5, 0.6) is 0 Å². The Kier molecular flexibility index (Phi) is 5.01. The van der Waals surface area contributed by atoms with E-state index >= 15 is 0 Å². The Labute approximate surface area is 154 Å². The van der Waals surface area contributed by atoms with E-state index in [1.54, 1.807) is 18.3 Å². The zero-order chi connectivity index (χ0) is 18.0. The number of hydrogen-bond donors (Lipinski definition) is 2. The molecule has 7 heteroatoms. The Balaban J connectivity index is 1.77. The minimum atomic E-state index is -0.463. The Morgan fingerprint density at radius 1 is 1.04 bits per heavy atom. The largest absolute Gasteiger partial charge is 0.350 e. The molecule has 0 aliphatic carbocycles. The lowest BCUT2D eigenvalue weighted by molar-refractivity contribution is 0.0847. The van der Waals surface area contributed by atoms with Gasteiger partial charge in [0, 0.05) is 29.0 Å². The Morgan fingerprint density at radius 3 is 2.44 bits per heavy atom. The Bertz CT molecular complexity index is 968. The predicted molar refractivity (Wildman–Crippen MR) is 101 cm³/mol. The quantitative estimate of drug-likeness (QED) is 0.544. The second kappa shape index (κ2) is 7.21. The zero-order valence-corrected chi connectivity index (χ0v) is 15.2. The number of thioether (sulfide) groups is 1. The van der Waals surface area contributed by atoms with E-state index in [1.165, 1.54) is 11.8 Å². The van der Waals surface area contributed by atoms with Gasteiger partial charge in [-0.15, -0.1) is 11.8 Å². The first-order valence-corrected chi connectivity index (χ1v) is 9.10. The molecule has 1 aromatic heterocycles. The molecule has 0 bridgehead atoms. The molecule has 128 valence electrons. The molecule has 3 rings (SSSR count). The number of benzene rings is 2. The van der Waals surface area contributed by atoms with Gasteiger partial charge in [-0.1, -0.05) is 29.8 Å². The number of amides is 2. The summed E-state index contributed by atoms with van der Waals surface area (Å²) < 4.78 is 1.87. The van der Waals surface area contributed by atoms with Crippen LogP contribution in [0.3, 0.4) is 0 Å². The molecule has 5 nitrogen and oxygen atoms in total. The van der Waals surface area contributed by atoms with Gasteiger partial charge in [0.1, 0.15) is 0 Å². The predicted octanol–water partition coefficient (Wildman–Crippen LogP) is 3.63. The van der Waals surface area contributed by atoms with Crippen LogP contribution in [-0.2, 0) is 7.05 Å². The highest BCUT2D eigenvalue weighted by atomic mass is 35.5. The molecule has 0 saturated carbocycles. The number of nitrogens with zero attached hydrogens (tertiary/aromatic N) is 1. The first-order chi connectivity index (χ1) is 12.0. The highest BCUT2D eigenvalue weighted by Gasteiger charge is 2.16. The Hall–Kier alpha value is -2.44. The lowest BCUT2D eigenvalue weighted by Gasteiger charge is -2.09. The van der Waals surface area contributed by atoms with Crippen LogP contribution in [0, 0.1) is 0 Å². The van der Waals surface area contributed by atoms with Gasteiger partial charge < -0.3 is 4.57 Å². The molecule has 1 heterocycles. The van der Waals surface area contributed by atoms with Gasteiger partial charge in [0.15, 0.2) is 0 Å². The van der Waals surface area contributed by atoms with Crippen LogP contribution in [0.2, 0.25) is 5.02 Å². The molecular formula is C18H16ClN3O2S. The Morgan fingerprint density at radius 2 is 1.72 bits per heavy atom. The maximum atomic E-state index is 12.4. The van der Waals surface area contributed by atoms with Gasteiger partial charge in [-0.3, -0.25) is 20.4 Å². The zero-order valence-electron chi connectivity index (χ0n) is 13.7. The van der Waals surface area contributed by atoms with Gasteiger partial charge in [-0.25, -0.2) is 0 Å². The summed E-state index contributed by atoms with van der Waals surface area (Å²) >= 11 is 7.58. The summed E-state index contributed by atoms with van der Waals surface area (Å²) in [6.45, 7) is 0. The number of carbonyl (C=O) groups excluding carboxylic acids is 2. The van der Waals surface area contributed by atoms with Gasteiger partial charge in [-0.2, -0.15) is 0 Å². The monoisotopic (exact) mass is 373 g/mol. The van der Waals surface area contributed by atoms with Crippen LogP contribution in [0.4, 0.5) is 0 Å². The molecule has 0 atom stereocenters. The number of nitrogens with one attached hydrogen (secondary N) is 2. The van der Waals surface area contributed by atoms with Gasteiger partial charge in [0.05, 0.1) is 16.1 Å². The molecule has 2 amide bonds. The highest BCUT2D eigenvalue weighted by molar-refractivity contribution is 7.98. The maximum absolute atomic E-state index is 12.4. The molecule has 0 radical (unpaired) electrons. The van der Waals surface area contributed by atoms with Crippen molar-refractivity contribution in [3.05, 3.63) is 64.8 Å². The molecule has 0 aliphatic heterocycles. The summed E-state index contributed by atoms with van der Waals surface area (Å²) in [7, 11) is 1.87. The van der Waals surface area contributed by atoms with E-state index in [2.05, 4.69) is 10.9 Å². The fourth-order valence-corrected chi connectivity index (χ4v) is 3.22. The van der Waals surface area contributed by atoms with Crippen molar-refractivity contribution in [1.29, 1.82) is 0 Å². The third kappa shape index (κ3) is 3.50. The van der Waals surface area contributed by atoms with Crippen molar-refractivity contribution in [2.24, 2.45) is 7.05 Å². The van der Waals surface area contributed by atoms with E-state index < -0.39 is 5.91 Å². The summed E-state index contributed by atoms with van der Waals surface area (Å²) in [5.74, 6) is -0.850. The number of fused-ring (bicyclic) bond motifs is 1. The highest BCUT2D eigenvalue weighted by Crippen LogP contribution is 2.23. The number of hydrazine groups is 1. The molecule has 0 fully saturated rings. The lowest BCUT2D eigenvalue weighted by atomic mass is 10.2. The van der Waals surface area contributed by atoms with Crippen molar-refractivity contribution in [2.75, 3.05) is 6.26 Å². The van der Waals surface area contributed by atoms with E-state index in [4.69, 9.17) is 11.6 Å². The summed E-state index contributed by atoms with van der Waals surface area (Å²) in [4.78, 5) is 25.7. The molecule has 2 aromatic carbocycles. The number of rotatable bonds is 3. The van der Waals surface area contributed by atoms with Crippen molar-refractivity contribution in [3.63, 3.8) is 0 Å². The molecule has 0 saturated heterocycles. The van der Waals surface area contributed by atoms with Gasteiger partial charge >= 0.3 is 0 Å². The number of aryl methyl sites for hydroxylation is 1. The van der Waals surface area contributed by atoms with Crippen LogP contribution in [-0.4, -0.2) is 22.6 Å². The smallest absolute Gasteiger partial charge is 0.271 e. The first kappa shape index (κ1) is 17.4. The number of para-hydroxylation sites is 1.